The standard InChI is InChI=1S/C14H22N2/c1-14(9-3-2-4-10-14)16-11-12-5-7-13(15)8-6-12/h5-8,16H,2-4,9-11,15H2,1H3. The lowest BCUT2D eigenvalue weighted by molar-refractivity contribution is 0.252. The SMILES string of the molecule is CC1(NCc2ccc(N)cc2)CCCCC1. The second-order valence-electron chi connectivity index (χ2n) is 5.22. The summed E-state index contributed by atoms with van der Waals surface area (Å²) in [6, 6.07) is 8.16. The van der Waals surface area contributed by atoms with Crippen LogP contribution < -0.4 is 11.1 Å². The Kier molecular flexibility index (Phi) is 3.49. The average Bonchev–Trinajstić information content (AvgIpc) is 2.29. The van der Waals surface area contributed by atoms with Crippen LogP contribution in [0, 0.1) is 0 Å². The molecule has 0 atom stereocenters. The molecule has 0 aromatic heterocycles. The molecule has 88 valence electrons. The van der Waals surface area contributed by atoms with Crippen molar-refractivity contribution in [2.45, 2.75) is 51.1 Å². The first-order valence-corrected chi connectivity index (χ1v) is 6.27. The van der Waals surface area contributed by atoms with Crippen LogP contribution >= 0.6 is 0 Å². The predicted octanol–water partition coefficient (Wildman–Crippen LogP) is 3.08. The molecule has 1 saturated carbocycles. The predicted molar refractivity (Wildman–Crippen MR) is 69.2 cm³/mol. The molecule has 3 N–H and O–H groups in total. The minimum absolute atomic E-state index is 0.347. The maximum Gasteiger partial charge on any atom is 0.0314 e. The van der Waals surface area contributed by atoms with Gasteiger partial charge in [0.25, 0.3) is 0 Å². The van der Waals surface area contributed by atoms with Gasteiger partial charge in [-0.1, -0.05) is 31.4 Å². The van der Waals surface area contributed by atoms with Gasteiger partial charge in [-0.2, -0.15) is 0 Å². The van der Waals surface area contributed by atoms with E-state index >= 15 is 0 Å². The quantitative estimate of drug-likeness (QED) is 0.765. The monoisotopic (exact) mass is 218 g/mol. The zero-order valence-electron chi connectivity index (χ0n) is 10.1. The second-order valence-corrected chi connectivity index (χ2v) is 5.22. The minimum Gasteiger partial charge on any atom is -0.399 e. The summed E-state index contributed by atoms with van der Waals surface area (Å²) in [7, 11) is 0. The summed E-state index contributed by atoms with van der Waals surface area (Å²) in [4.78, 5) is 0. The Bertz CT molecular complexity index is 323. The first-order valence-electron chi connectivity index (χ1n) is 6.27. The molecule has 1 aliphatic carbocycles. The highest BCUT2D eigenvalue weighted by molar-refractivity contribution is 5.39. The molecule has 2 heteroatoms. The fourth-order valence-corrected chi connectivity index (χ4v) is 2.46. The Balaban J connectivity index is 1.88. The number of benzene rings is 1. The van der Waals surface area contributed by atoms with Crippen LogP contribution in [0.15, 0.2) is 24.3 Å². The van der Waals surface area contributed by atoms with Gasteiger partial charge in [-0.05, 0) is 37.5 Å². The van der Waals surface area contributed by atoms with E-state index in [0.717, 1.165) is 12.2 Å². The maximum atomic E-state index is 5.67. The molecule has 1 aliphatic rings. The van der Waals surface area contributed by atoms with Crippen molar-refractivity contribution in [1.29, 1.82) is 0 Å². The van der Waals surface area contributed by atoms with Gasteiger partial charge in [-0.15, -0.1) is 0 Å². The van der Waals surface area contributed by atoms with Crippen LogP contribution in [0.1, 0.15) is 44.6 Å². The van der Waals surface area contributed by atoms with Crippen molar-refractivity contribution in [3.05, 3.63) is 29.8 Å². The molecule has 2 rings (SSSR count). The van der Waals surface area contributed by atoms with Crippen LogP contribution in [0.3, 0.4) is 0 Å². The Labute approximate surface area is 98.2 Å². The van der Waals surface area contributed by atoms with Gasteiger partial charge in [0.15, 0.2) is 0 Å². The summed E-state index contributed by atoms with van der Waals surface area (Å²) in [6.45, 7) is 3.31. The molecule has 0 heterocycles. The Morgan fingerprint density at radius 2 is 1.75 bits per heavy atom. The largest absolute Gasteiger partial charge is 0.399 e. The molecule has 0 unspecified atom stereocenters. The number of rotatable bonds is 3. The van der Waals surface area contributed by atoms with Gasteiger partial charge in [0.05, 0.1) is 0 Å². The summed E-state index contributed by atoms with van der Waals surface area (Å²) in [5.74, 6) is 0. The first kappa shape index (κ1) is 11.5. The molecule has 0 saturated heterocycles. The highest BCUT2D eigenvalue weighted by Gasteiger charge is 2.25. The van der Waals surface area contributed by atoms with Crippen LogP contribution in [0.4, 0.5) is 5.69 Å². The first-order chi connectivity index (χ1) is 7.68. The van der Waals surface area contributed by atoms with E-state index in [1.54, 1.807) is 0 Å². The minimum atomic E-state index is 0.347. The molecule has 0 amide bonds. The maximum absolute atomic E-state index is 5.67. The lowest BCUT2D eigenvalue weighted by atomic mass is 9.83. The molecule has 2 nitrogen and oxygen atoms in total. The van der Waals surface area contributed by atoms with Gasteiger partial charge in [-0.25, -0.2) is 0 Å². The Morgan fingerprint density at radius 1 is 1.12 bits per heavy atom. The van der Waals surface area contributed by atoms with Gasteiger partial charge >= 0.3 is 0 Å². The molecule has 1 fully saturated rings. The summed E-state index contributed by atoms with van der Waals surface area (Å²) in [5.41, 5.74) is 8.18. The van der Waals surface area contributed by atoms with Crippen LogP contribution in [0.5, 0.6) is 0 Å². The topological polar surface area (TPSA) is 38.0 Å². The fourth-order valence-electron chi connectivity index (χ4n) is 2.46. The van der Waals surface area contributed by atoms with E-state index in [2.05, 4.69) is 24.4 Å². The summed E-state index contributed by atoms with van der Waals surface area (Å²) in [6.07, 6.45) is 6.75. The van der Waals surface area contributed by atoms with Crippen molar-refractivity contribution in [3.8, 4) is 0 Å². The molecular weight excluding hydrogens is 196 g/mol. The molecule has 1 aromatic rings. The Hall–Kier alpha value is -1.02. The van der Waals surface area contributed by atoms with E-state index in [1.807, 2.05) is 12.1 Å². The van der Waals surface area contributed by atoms with Crippen molar-refractivity contribution in [2.75, 3.05) is 5.73 Å². The van der Waals surface area contributed by atoms with Crippen molar-refractivity contribution in [1.82, 2.24) is 5.32 Å². The van der Waals surface area contributed by atoms with Crippen molar-refractivity contribution in [3.63, 3.8) is 0 Å². The summed E-state index contributed by atoms with van der Waals surface area (Å²) >= 11 is 0. The van der Waals surface area contributed by atoms with E-state index in [0.29, 0.717) is 5.54 Å². The van der Waals surface area contributed by atoms with Gasteiger partial charge in [0, 0.05) is 17.8 Å². The molecule has 0 bridgehead atoms. The lowest BCUT2D eigenvalue weighted by Crippen LogP contribution is -2.43. The van der Waals surface area contributed by atoms with Gasteiger partial charge < -0.3 is 11.1 Å². The zero-order chi connectivity index (χ0) is 11.4. The third-order valence-corrected chi connectivity index (χ3v) is 3.66. The normalized spacial score (nSPS) is 19.6. The van der Waals surface area contributed by atoms with Gasteiger partial charge in [0.2, 0.25) is 0 Å². The number of hydrogen-bond acceptors (Lipinski definition) is 2. The highest BCUT2D eigenvalue weighted by atomic mass is 15.0. The van der Waals surface area contributed by atoms with Gasteiger partial charge in [0.1, 0.15) is 0 Å². The third-order valence-electron chi connectivity index (χ3n) is 3.66. The second kappa shape index (κ2) is 4.88. The van der Waals surface area contributed by atoms with Crippen molar-refractivity contribution >= 4 is 5.69 Å². The molecule has 16 heavy (non-hydrogen) atoms. The number of anilines is 1. The average molecular weight is 218 g/mol. The third kappa shape index (κ3) is 2.99. The molecular formula is C14H22N2. The number of nitrogen functional groups attached to an aromatic ring is 1. The molecule has 0 radical (unpaired) electrons. The number of hydrogen-bond donors (Lipinski definition) is 2. The van der Waals surface area contributed by atoms with Gasteiger partial charge in [-0.3, -0.25) is 0 Å². The van der Waals surface area contributed by atoms with E-state index in [-0.39, 0.29) is 0 Å². The van der Waals surface area contributed by atoms with E-state index in [1.165, 1.54) is 37.7 Å². The van der Waals surface area contributed by atoms with E-state index in [9.17, 15) is 0 Å². The summed E-state index contributed by atoms with van der Waals surface area (Å²) in [5, 5.41) is 3.69. The number of nitrogens with one attached hydrogen (secondary N) is 1. The molecule has 1 aromatic carbocycles. The summed E-state index contributed by atoms with van der Waals surface area (Å²) < 4.78 is 0. The molecule has 0 spiro atoms. The van der Waals surface area contributed by atoms with E-state index in [4.69, 9.17) is 5.73 Å². The fraction of sp³-hybridized carbons (Fsp3) is 0.571. The van der Waals surface area contributed by atoms with Crippen molar-refractivity contribution < 1.29 is 0 Å². The van der Waals surface area contributed by atoms with E-state index < -0.39 is 0 Å². The zero-order valence-corrected chi connectivity index (χ0v) is 10.1. The Morgan fingerprint density at radius 3 is 2.38 bits per heavy atom. The lowest BCUT2D eigenvalue weighted by Gasteiger charge is -2.34. The van der Waals surface area contributed by atoms with Crippen LogP contribution in [-0.2, 0) is 6.54 Å². The highest BCUT2D eigenvalue weighted by Crippen LogP contribution is 2.27. The van der Waals surface area contributed by atoms with Crippen LogP contribution in [-0.4, -0.2) is 5.54 Å². The van der Waals surface area contributed by atoms with Crippen LogP contribution in [0.25, 0.3) is 0 Å². The number of nitrogens with two attached hydrogens (primary N) is 1. The molecule has 0 aliphatic heterocycles. The van der Waals surface area contributed by atoms with Crippen molar-refractivity contribution in [2.24, 2.45) is 0 Å². The van der Waals surface area contributed by atoms with Crippen LogP contribution in [0.2, 0.25) is 0 Å². The smallest absolute Gasteiger partial charge is 0.0314 e.